The summed E-state index contributed by atoms with van der Waals surface area (Å²) in [7, 11) is 0. The second kappa shape index (κ2) is 9.66. The smallest absolute Gasteiger partial charge is 0.253 e. The van der Waals surface area contributed by atoms with Crippen LogP contribution < -0.4 is 0 Å². The van der Waals surface area contributed by atoms with Crippen molar-refractivity contribution < 1.29 is 9.21 Å². The van der Waals surface area contributed by atoms with E-state index in [2.05, 4.69) is 36.2 Å². The van der Waals surface area contributed by atoms with Gasteiger partial charge in [-0.25, -0.2) is 5.01 Å². The van der Waals surface area contributed by atoms with Crippen molar-refractivity contribution in [3.05, 3.63) is 63.2 Å². The number of carbonyl (C=O) groups is 1. The number of thiophene rings is 2. The minimum absolute atomic E-state index is 0.0383. The van der Waals surface area contributed by atoms with Crippen LogP contribution >= 0.6 is 34.4 Å². The van der Waals surface area contributed by atoms with Gasteiger partial charge in [-0.3, -0.25) is 9.36 Å². The summed E-state index contributed by atoms with van der Waals surface area (Å²) < 4.78 is 7.57. The number of furan rings is 1. The first-order valence-electron chi connectivity index (χ1n) is 10.7. The van der Waals surface area contributed by atoms with Gasteiger partial charge in [-0.1, -0.05) is 37.7 Å². The Hall–Kier alpha value is -2.69. The number of thioether (sulfide) groups is 1. The molecule has 0 bridgehead atoms. The molecule has 5 rings (SSSR count). The molecule has 1 amide bonds. The van der Waals surface area contributed by atoms with Crippen molar-refractivity contribution >= 4 is 46.1 Å². The van der Waals surface area contributed by atoms with Gasteiger partial charge in [-0.05, 0) is 40.9 Å². The molecule has 0 radical (unpaired) electrons. The second-order valence-electron chi connectivity index (χ2n) is 8.07. The third-order valence-electron chi connectivity index (χ3n) is 5.17. The molecule has 5 heterocycles. The molecule has 1 aliphatic heterocycles. The molecular formula is C23H23N5O2S3. The summed E-state index contributed by atoms with van der Waals surface area (Å²) in [6, 6.07) is 11.8. The van der Waals surface area contributed by atoms with Crippen LogP contribution in [0.5, 0.6) is 0 Å². The summed E-state index contributed by atoms with van der Waals surface area (Å²) in [6.45, 7) is 5.02. The van der Waals surface area contributed by atoms with Gasteiger partial charge in [0.25, 0.3) is 5.91 Å². The van der Waals surface area contributed by atoms with Crippen LogP contribution in [0.1, 0.15) is 36.1 Å². The molecule has 0 aliphatic carbocycles. The second-order valence-corrected chi connectivity index (χ2v) is 10.9. The normalized spacial score (nSPS) is 16.0. The van der Waals surface area contributed by atoms with Gasteiger partial charge in [0.1, 0.15) is 0 Å². The molecule has 4 aromatic rings. The molecule has 0 aromatic carbocycles. The van der Waals surface area contributed by atoms with Crippen LogP contribution in [0.3, 0.4) is 0 Å². The quantitative estimate of drug-likeness (QED) is 0.288. The first-order valence-corrected chi connectivity index (χ1v) is 13.4. The van der Waals surface area contributed by atoms with Crippen molar-refractivity contribution in [2.75, 3.05) is 5.75 Å². The summed E-state index contributed by atoms with van der Waals surface area (Å²) in [6.07, 6.45) is 2.35. The maximum Gasteiger partial charge on any atom is 0.253 e. The zero-order valence-electron chi connectivity index (χ0n) is 18.2. The first-order chi connectivity index (χ1) is 16.1. The van der Waals surface area contributed by atoms with Crippen molar-refractivity contribution in [1.29, 1.82) is 0 Å². The van der Waals surface area contributed by atoms with E-state index in [0.717, 1.165) is 28.4 Å². The van der Waals surface area contributed by atoms with Gasteiger partial charge in [0.15, 0.2) is 16.7 Å². The molecule has 10 heteroatoms. The molecule has 0 N–H and O–H groups in total. The lowest BCUT2D eigenvalue weighted by Crippen LogP contribution is -2.28. The Morgan fingerprint density at radius 1 is 1.18 bits per heavy atom. The van der Waals surface area contributed by atoms with Crippen molar-refractivity contribution in [3.8, 4) is 11.6 Å². The Morgan fingerprint density at radius 3 is 2.73 bits per heavy atom. The molecular weight excluding hydrogens is 474 g/mol. The number of hydrazone groups is 1. The fraction of sp³-hybridized carbons (Fsp3) is 0.304. The predicted octanol–water partition coefficient (Wildman–Crippen LogP) is 5.79. The van der Waals surface area contributed by atoms with Crippen LogP contribution in [-0.2, 0) is 11.3 Å². The zero-order valence-corrected chi connectivity index (χ0v) is 20.7. The van der Waals surface area contributed by atoms with Gasteiger partial charge < -0.3 is 4.42 Å². The average Bonchev–Trinajstić information content (AvgIpc) is 3.60. The maximum absolute atomic E-state index is 13.3. The molecule has 1 atom stereocenters. The van der Waals surface area contributed by atoms with Crippen LogP contribution in [0.25, 0.3) is 11.6 Å². The Bertz CT molecular complexity index is 1230. The van der Waals surface area contributed by atoms with Crippen LogP contribution in [0.2, 0.25) is 0 Å². The predicted molar refractivity (Wildman–Crippen MR) is 133 cm³/mol. The van der Waals surface area contributed by atoms with Gasteiger partial charge in [0.05, 0.1) is 28.6 Å². The number of hydrogen-bond acceptors (Lipinski definition) is 8. The standard InChI is InChI=1S/C23H23N5O2S3/c1-15(2)13-27-22(18-6-3-9-30-18)24-25-23(27)33-14-21(29)28-17(20-8-5-11-32-20)12-16(26-28)19-7-4-10-31-19/h3-11,15,17H,12-14H2,1-2H3. The molecule has 0 fully saturated rings. The van der Waals surface area contributed by atoms with Crippen LogP contribution in [0.4, 0.5) is 0 Å². The van der Waals surface area contributed by atoms with E-state index in [1.165, 1.54) is 11.8 Å². The van der Waals surface area contributed by atoms with Crippen LogP contribution in [0, 0.1) is 5.92 Å². The largest absolute Gasteiger partial charge is 0.461 e. The van der Waals surface area contributed by atoms with Gasteiger partial charge in [0, 0.05) is 17.8 Å². The van der Waals surface area contributed by atoms with Gasteiger partial charge in [-0.2, -0.15) is 5.10 Å². The number of rotatable bonds is 8. The Morgan fingerprint density at radius 2 is 2.03 bits per heavy atom. The lowest BCUT2D eigenvalue weighted by atomic mass is 10.1. The maximum atomic E-state index is 13.3. The van der Waals surface area contributed by atoms with Crippen LogP contribution in [-0.4, -0.2) is 37.1 Å². The van der Waals surface area contributed by atoms with E-state index in [1.807, 2.05) is 39.6 Å². The van der Waals surface area contributed by atoms with E-state index in [1.54, 1.807) is 33.9 Å². The third-order valence-corrected chi connectivity index (χ3v) is 8.02. The first kappa shape index (κ1) is 22.1. The highest BCUT2D eigenvalue weighted by atomic mass is 32.2. The van der Waals surface area contributed by atoms with Gasteiger partial charge in [0.2, 0.25) is 0 Å². The van der Waals surface area contributed by atoms with Crippen molar-refractivity contribution in [2.45, 2.75) is 38.0 Å². The molecule has 1 aliphatic rings. The van der Waals surface area contributed by atoms with E-state index < -0.39 is 0 Å². The Kier molecular flexibility index (Phi) is 6.48. The summed E-state index contributed by atoms with van der Waals surface area (Å²) in [5.74, 6) is 1.94. The van der Waals surface area contributed by atoms with E-state index in [9.17, 15) is 4.79 Å². The molecule has 1 unspecified atom stereocenters. The molecule has 7 nitrogen and oxygen atoms in total. The van der Waals surface area contributed by atoms with E-state index in [4.69, 9.17) is 9.52 Å². The SMILES string of the molecule is CC(C)Cn1c(SCC(=O)N2N=C(c3cccs3)CC2c2cccs2)nnc1-c1ccco1. The third kappa shape index (κ3) is 4.68. The lowest BCUT2D eigenvalue weighted by Gasteiger charge is -2.20. The summed E-state index contributed by atoms with van der Waals surface area (Å²) in [5, 5.41) is 19.9. The zero-order chi connectivity index (χ0) is 22.8. The van der Waals surface area contributed by atoms with E-state index >= 15 is 0 Å². The molecule has 0 saturated heterocycles. The van der Waals surface area contributed by atoms with Crippen molar-refractivity contribution in [3.63, 3.8) is 0 Å². The summed E-state index contributed by atoms with van der Waals surface area (Å²) >= 11 is 4.70. The van der Waals surface area contributed by atoms with E-state index in [0.29, 0.717) is 22.7 Å². The Balaban J connectivity index is 1.36. The number of hydrogen-bond donors (Lipinski definition) is 0. The Labute approximate surface area is 204 Å². The summed E-state index contributed by atoms with van der Waals surface area (Å²) in [5.41, 5.74) is 0.963. The minimum Gasteiger partial charge on any atom is -0.461 e. The minimum atomic E-state index is -0.0672. The van der Waals surface area contributed by atoms with Gasteiger partial charge >= 0.3 is 0 Å². The fourth-order valence-electron chi connectivity index (χ4n) is 3.74. The number of aromatic nitrogens is 3. The molecule has 33 heavy (non-hydrogen) atoms. The monoisotopic (exact) mass is 497 g/mol. The van der Waals surface area contributed by atoms with Crippen molar-refractivity contribution in [2.24, 2.45) is 11.0 Å². The molecule has 0 spiro atoms. The molecule has 170 valence electrons. The molecule has 4 aromatic heterocycles. The van der Waals surface area contributed by atoms with Gasteiger partial charge in [-0.15, -0.1) is 32.9 Å². The summed E-state index contributed by atoms with van der Waals surface area (Å²) in [4.78, 5) is 15.6. The molecule has 0 saturated carbocycles. The topological polar surface area (TPSA) is 76.5 Å². The van der Waals surface area contributed by atoms with E-state index in [-0.39, 0.29) is 17.7 Å². The van der Waals surface area contributed by atoms with Crippen LogP contribution in [0.15, 0.2) is 68.1 Å². The highest BCUT2D eigenvalue weighted by Crippen LogP contribution is 2.36. The average molecular weight is 498 g/mol. The lowest BCUT2D eigenvalue weighted by molar-refractivity contribution is -0.130. The highest BCUT2D eigenvalue weighted by Gasteiger charge is 2.34. The fourth-order valence-corrected chi connectivity index (χ4v) is 6.07. The number of nitrogens with zero attached hydrogens (tertiary/aromatic N) is 5. The van der Waals surface area contributed by atoms with Crippen molar-refractivity contribution in [1.82, 2.24) is 19.8 Å². The number of carbonyl (C=O) groups excluding carboxylic acids is 1. The number of amides is 1. The highest BCUT2D eigenvalue weighted by molar-refractivity contribution is 7.99.